The summed E-state index contributed by atoms with van der Waals surface area (Å²) in [7, 11) is 1.30. The molecule has 1 heterocycles. The van der Waals surface area contributed by atoms with Crippen LogP contribution in [-0.4, -0.2) is 35.6 Å². The molecule has 0 aliphatic rings. The van der Waals surface area contributed by atoms with Gasteiger partial charge in [0.05, 0.1) is 24.2 Å². The third-order valence-corrected chi connectivity index (χ3v) is 5.27. The zero-order chi connectivity index (χ0) is 22.0. The molecular weight excluding hydrogens is 462 g/mol. The number of halogens is 1. The van der Waals surface area contributed by atoms with Gasteiger partial charge in [0.1, 0.15) is 11.6 Å². The predicted molar refractivity (Wildman–Crippen MR) is 123 cm³/mol. The lowest BCUT2D eigenvalue weighted by Crippen LogP contribution is -2.20. The summed E-state index contributed by atoms with van der Waals surface area (Å²) in [5.41, 5.74) is 0.962. The topological polar surface area (TPSA) is 82.8 Å². The van der Waals surface area contributed by atoms with E-state index in [1.165, 1.54) is 11.8 Å². The van der Waals surface area contributed by atoms with Gasteiger partial charge in [-0.2, -0.15) is 9.78 Å². The fourth-order valence-corrected chi connectivity index (χ4v) is 3.60. The molecule has 7 nitrogen and oxygen atoms in total. The van der Waals surface area contributed by atoms with E-state index in [1.807, 2.05) is 36.4 Å². The summed E-state index contributed by atoms with van der Waals surface area (Å²) in [5, 5.41) is 6.72. The molecule has 0 amide bonds. The van der Waals surface area contributed by atoms with Crippen LogP contribution in [0.5, 0.6) is 5.75 Å². The molecule has 156 valence electrons. The first-order chi connectivity index (χ1) is 15.0. The summed E-state index contributed by atoms with van der Waals surface area (Å²) < 4.78 is 12.3. The van der Waals surface area contributed by atoms with Crippen molar-refractivity contribution >= 4 is 49.8 Å². The van der Waals surface area contributed by atoms with Gasteiger partial charge in [0.25, 0.3) is 5.56 Å². The van der Waals surface area contributed by atoms with Crippen molar-refractivity contribution in [3.05, 3.63) is 80.8 Å². The number of methoxy groups -OCH3 is 1. The number of carbonyl (C=O) groups excluding carboxylic acids is 1. The van der Waals surface area contributed by atoms with Gasteiger partial charge in [0, 0.05) is 10.0 Å². The van der Waals surface area contributed by atoms with Gasteiger partial charge < -0.3 is 9.47 Å². The summed E-state index contributed by atoms with van der Waals surface area (Å²) in [6.45, 7) is 1.48. The first kappa shape index (κ1) is 20.7. The van der Waals surface area contributed by atoms with Gasteiger partial charge in [-0.05, 0) is 42.0 Å². The average Bonchev–Trinajstić information content (AvgIpc) is 2.78. The minimum Gasteiger partial charge on any atom is -0.481 e. The van der Waals surface area contributed by atoms with Gasteiger partial charge in [0.15, 0.2) is 6.61 Å². The van der Waals surface area contributed by atoms with E-state index in [-0.39, 0.29) is 12.2 Å². The number of nitrogens with zero attached hydrogens (tertiary/aromatic N) is 3. The first-order valence-corrected chi connectivity index (χ1v) is 10.2. The maximum Gasteiger partial charge on any atom is 0.343 e. The van der Waals surface area contributed by atoms with Crippen LogP contribution >= 0.6 is 15.9 Å². The Kier molecular flexibility index (Phi) is 5.81. The largest absolute Gasteiger partial charge is 0.481 e. The molecule has 3 aromatic carbocycles. The molecule has 8 heteroatoms. The molecule has 1 aromatic heterocycles. The Hall–Kier alpha value is -3.52. The smallest absolute Gasteiger partial charge is 0.343 e. The second kappa shape index (κ2) is 8.69. The SMILES string of the molecule is COC(=O)COc1ccc2ccccc2c1C=Nn1c(C)nc2ccc(Br)cc2c1=O. The normalized spacial score (nSPS) is 11.3. The van der Waals surface area contributed by atoms with Gasteiger partial charge >= 0.3 is 5.97 Å². The number of ether oxygens (including phenoxy) is 2. The molecule has 0 unspecified atom stereocenters. The highest BCUT2D eigenvalue weighted by molar-refractivity contribution is 9.10. The van der Waals surface area contributed by atoms with E-state index in [0.717, 1.165) is 15.2 Å². The summed E-state index contributed by atoms with van der Waals surface area (Å²) >= 11 is 3.39. The quantitative estimate of drug-likeness (QED) is 0.318. The van der Waals surface area contributed by atoms with Crippen LogP contribution in [0.25, 0.3) is 21.7 Å². The molecule has 0 fully saturated rings. The average molecular weight is 480 g/mol. The van der Waals surface area contributed by atoms with Crippen LogP contribution in [0.2, 0.25) is 0 Å². The van der Waals surface area contributed by atoms with Gasteiger partial charge in [-0.15, -0.1) is 0 Å². The Morgan fingerprint density at radius 3 is 2.77 bits per heavy atom. The number of fused-ring (bicyclic) bond motifs is 2. The number of benzene rings is 3. The molecule has 0 atom stereocenters. The Bertz CT molecular complexity index is 1400. The maximum atomic E-state index is 13.0. The lowest BCUT2D eigenvalue weighted by Gasteiger charge is -2.11. The molecule has 31 heavy (non-hydrogen) atoms. The Morgan fingerprint density at radius 2 is 1.97 bits per heavy atom. The van der Waals surface area contributed by atoms with Crippen LogP contribution in [0.4, 0.5) is 0 Å². The molecule has 4 aromatic rings. The second-order valence-electron chi connectivity index (χ2n) is 6.75. The van der Waals surface area contributed by atoms with Crippen molar-refractivity contribution in [1.82, 2.24) is 9.66 Å². The minimum atomic E-state index is -0.493. The van der Waals surface area contributed by atoms with Gasteiger partial charge in [-0.1, -0.05) is 46.3 Å². The minimum absolute atomic E-state index is 0.236. The Labute approximate surface area is 186 Å². The fraction of sp³-hybridized carbons (Fsp3) is 0.130. The summed E-state index contributed by atoms with van der Waals surface area (Å²) in [4.78, 5) is 29.0. The summed E-state index contributed by atoms with van der Waals surface area (Å²) in [6, 6.07) is 16.7. The molecule has 0 radical (unpaired) electrons. The van der Waals surface area contributed by atoms with E-state index >= 15 is 0 Å². The summed E-state index contributed by atoms with van der Waals surface area (Å²) in [5.74, 6) is 0.413. The third-order valence-electron chi connectivity index (χ3n) is 4.78. The first-order valence-electron chi connectivity index (χ1n) is 9.42. The highest BCUT2D eigenvalue weighted by Crippen LogP contribution is 2.27. The zero-order valence-electron chi connectivity index (χ0n) is 16.8. The standard InChI is InChI=1S/C23H18BrN3O4/c1-14-26-20-9-8-16(24)11-18(20)23(29)27(14)25-12-19-17-6-4-3-5-15(17)7-10-21(19)31-13-22(28)30-2/h3-12H,13H2,1-2H3. The molecule has 0 bridgehead atoms. The Morgan fingerprint density at radius 1 is 1.16 bits per heavy atom. The van der Waals surface area contributed by atoms with E-state index in [4.69, 9.17) is 4.74 Å². The van der Waals surface area contributed by atoms with Crippen molar-refractivity contribution in [2.45, 2.75) is 6.92 Å². The molecule has 4 rings (SSSR count). The molecule has 0 saturated heterocycles. The molecular formula is C23H18BrN3O4. The molecule has 0 aliphatic heterocycles. The fourth-order valence-electron chi connectivity index (χ4n) is 3.24. The van der Waals surface area contributed by atoms with Crippen molar-refractivity contribution in [3.8, 4) is 5.75 Å². The van der Waals surface area contributed by atoms with Gasteiger partial charge in [-0.25, -0.2) is 9.78 Å². The van der Waals surface area contributed by atoms with Crippen molar-refractivity contribution < 1.29 is 14.3 Å². The monoisotopic (exact) mass is 479 g/mol. The van der Waals surface area contributed by atoms with E-state index in [1.54, 1.807) is 31.3 Å². The second-order valence-corrected chi connectivity index (χ2v) is 7.66. The Balaban J connectivity index is 1.84. The maximum absolute atomic E-state index is 13.0. The van der Waals surface area contributed by atoms with Crippen LogP contribution < -0.4 is 10.3 Å². The highest BCUT2D eigenvalue weighted by atomic mass is 79.9. The van der Waals surface area contributed by atoms with Crippen LogP contribution in [-0.2, 0) is 9.53 Å². The van der Waals surface area contributed by atoms with E-state index in [2.05, 4.69) is 30.8 Å². The van der Waals surface area contributed by atoms with Gasteiger partial charge in [-0.3, -0.25) is 4.79 Å². The molecule has 0 N–H and O–H groups in total. The molecule has 0 aliphatic carbocycles. The summed E-state index contributed by atoms with van der Waals surface area (Å²) in [6.07, 6.45) is 1.55. The van der Waals surface area contributed by atoms with E-state index in [0.29, 0.717) is 28.0 Å². The van der Waals surface area contributed by atoms with Crippen LogP contribution in [0.3, 0.4) is 0 Å². The van der Waals surface area contributed by atoms with Crippen molar-refractivity contribution in [2.24, 2.45) is 5.10 Å². The number of carbonyl (C=O) groups is 1. The van der Waals surface area contributed by atoms with Crippen LogP contribution in [0.1, 0.15) is 11.4 Å². The molecule has 0 spiro atoms. The van der Waals surface area contributed by atoms with Gasteiger partial charge in [0.2, 0.25) is 0 Å². The van der Waals surface area contributed by atoms with Crippen LogP contribution in [0, 0.1) is 6.92 Å². The van der Waals surface area contributed by atoms with E-state index in [9.17, 15) is 9.59 Å². The number of hydrogen-bond donors (Lipinski definition) is 0. The lowest BCUT2D eigenvalue weighted by atomic mass is 10.0. The number of esters is 1. The number of rotatable bonds is 5. The third kappa shape index (κ3) is 4.20. The van der Waals surface area contributed by atoms with Crippen molar-refractivity contribution in [2.75, 3.05) is 13.7 Å². The molecule has 0 saturated carbocycles. The zero-order valence-corrected chi connectivity index (χ0v) is 18.4. The van der Waals surface area contributed by atoms with Crippen molar-refractivity contribution in [1.29, 1.82) is 0 Å². The number of hydrogen-bond acceptors (Lipinski definition) is 6. The highest BCUT2D eigenvalue weighted by Gasteiger charge is 2.11. The predicted octanol–water partition coefficient (Wildman–Crippen LogP) is 4.05. The number of aryl methyl sites for hydroxylation is 1. The lowest BCUT2D eigenvalue weighted by molar-refractivity contribution is -0.142. The van der Waals surface area contributed by atoms with E-state index < -0.39 is 5.97 Å². The van der Waals surface area contributed by atoms with Crippen LogP contribution in [0.15, 0.2) is 69.0 Å². The number of aromatic nitrogens is 2. The van der Waals surface area contributed by atoms with Crippen molar-refractivity contribution in [3.63, 3.8) is 0 Å².